The van der Waals surface area contributed by atoms with Crippen molar-refractivity contribution < 1.29 is 13.2 Å². The number of rotatable bonds is 1. The van der Waals surface area contributed by atoms with Gasteiger partial charge in [-0.05, 0) is 36.4 Å². The molecule has 2 nitrogen and oxygen atoms in total. The number of fused-ring (bicyclic) bond motifs is 1. The summed E-state index contributed by atoms with van der Waals surface area (Å²) in [6, 6.07) is 8.03. The van der Waals surface area contributed by atoms with Gasteiger partial charge in [0, 0.05) is 4.90 Å². The molecule has 0 fully saturated rings. The van der Waals surface area contributed by atoms with Gasteiger partial charge in [0.1, 0.15) is 0 Å². The van der Waals surface area contributed by atoms with E-state index < -0.39 is 11.7 Å². The first-order valence-corrected chi connectivity index (χ1v) is 7.63. The molecule has 22 heavy (non-hydrogen) atoms. The standard InChI is InChI=1S/C14H7ClF3NOS2/c15-9-5-7(14(16,17)18)1-3-10(9)19-11-4-2-8(21)6-12(11)22-13(19)20/h1-6,21H. The topological polar surface area (TPSA) is 22.0 Å². The van der Waals surface area contributed by atoms with Gasteiger partial charge in [0.15, 0.2) is 0 Å². The zero-order valence-corrected chi connectivity index (χ0v) is 13.2. The van der Waals surface area contributed by atoms with Gasteiger partial charge < -0.3 is 0 Å². The lowest BCUT2D eigenvalue weighted by molar-refractivity contribution is -0.137. The maximum atomic E-state index is 12.7. The second kappa shape index (κ2) is 5.33. The van der Waals surface area contributed by atoms with Crippen LogP contribution >= 0.6 is 35.6 Å². The molecule has 0 aliphatic heterocycles. The van der Waals surface area contributed by atoms with Crippen molar-refractivity contribution in [2.45, 2.75) is 11.1 Å². The molecular weight excluding hydrogens is 355 g/mol. The van der Waals surface area contributed by atoms with Crippen molar-refractivity contribution >= 4 is 45.8 Å². The summed E-state index contributed by atoms with van der Waals surface area (Å²) in [7, 11) is 0. The summed E-state index contributed by atoms with van der Waals surface area (Å²) in [6.07, 6.45) is -4.48. The molecule has 3 rings (SSSR count). The predicted octanol–water partition coefficient (Wildman–Crippen LogP) is 5.01. The predicted molar refractivity (Wildman–Crippen MR) is 84.7 cm³/mol. The Morgan fingerprint density at radius 2 is 1.86 bits per heavy atom. The molecule has 0 spiro atoms. The number of nitrogens with zero attached hydrogens (tertiary/aromatic N) is 1. The minimum atomic E-state index is -4.48. The Kier molecular flexibility index (Phi) is 3.74. The Morgan fingerprint density at radius 1 is 1.14 bits per heavy atom. The van der Waals surface area contributed by atoms with E-state index in [4.69, 9.17) is 11.6 Å². The number of thiol groups is 1. The van der Waals surface area contributed by atoms with Crippen LogP contribution in [0, 0.1) is 0 Å². The number of benzene rings is 2. The van der Waals surface area contributed by atoms with Crippen LogP contribution in [0.3, 0.4) is 0 Å². The second-order valence-corrected chi connectivity index (χ2v) is 6.44. The lowest BCUT2D eigenvalue weighted by Crippen LogP contribution is -2.12. The number of aromatic nitrogens is 1. The van der Waals surface area contributed by atoms with Crippen LogP contribution in [-0.2, 0) is 6.18 Å². The van der Waals surface area contributed by atoms with Crippen LogP contribution in [0.2, 0.25) is 5.02 Å². The molecule has 8 heteroatoms. The highest BCUT2D eigenvalue weighted by atomic mass is 35.5. The van der Waals surface area contributed by atoms with E-state index in [9.17, 15) is 18.0 Å². The largest absolute Gasteiger partial charge is 0.416 e. The quantitative estimate of drug-likeness (QED) is 0.604. The van der Waals surface area contributed by atoms with Gasteiger partial charge in [-0.2, -0.15) is 13.2 Å². The number of hydrogen-bond donors (Lipinski definition) is 1. The summed E-state index contributed by atoms with van der Waals surface area (Å²) < 4.78 is 40.0. The Balaban J connectivity index is 2.24. The van der Waals surface area contributed by atoms with Crippen molar-refractivity contribution in [3.05, 3.63) is 56.7 Å². The Hall–Kier alpha value is -1.44. The molecule has 0 saturated heterocycles. The highest BCUT2D eigenvalue weighted by Crippen LogP contribution is 2.34. The van der Waals surface area contributed by atoms with E-state index in [-0.39, 0.29) is 15.6 Å². The average molecular weight is 362 g/mol. The fourth-order valence-corrected chi connectivity index (χ4v) is 3.58. The summed E-state index contributed by atoms with van der Waals surface area (Å²) in [6.45, 7) is 0. The van der Waals surface area contributed by atoms with Gasteiger partial charge in [-0.25, -0.2) is 0 Å². The number of thiazole rings is 1. The third kappa shape index (κ3) is 2.64. The zero-order valence-electron chi connectivity index (χ0n) is 10.7. The van der Waals surface area contributed by atoms with Crippen molar-refractivity contribution in [3.63, 3.8) is 0 Å². The fraction of sp³-hybridized carbons (Fsp3) is 0.0714. The van der Waals surface area contributed by atoms with Crippen molar-refractivity contribution in [3.8, 4) is 5.69 Å². The molecule has 0 unspecified atom stereocenters. The molecule has 2 aromatic carbocycles. The number of alkyl halides is 3. The molecule has 1 heterocycles. The van der Waals surface area contributed by atoms with E-state index >= 15 is 0 Å². The summed E-state index contributed by atoms with van der Waals surface area (Å²) in [5.41, 5.74) is -0.0567. The normalized spacial score (nSPS) is 12.0. The lowest BCUT2D eigenvalue weighted by Gasteiger charge is -2.11. The molecule has 0 aliphatic carbocycles. The lowest BCUT2D eigenvalue weighted by atomic mass is 10.2. The molecule has 3 aromatic rings. The number of hydrogen-bond acceptors (Lipinski definition) is 3. The van der Waals surface area contributed by atoms with Gasteiger partial charge in [0.05, 0.1) is 26.5 Å². The maximum Gasteiger partial charge on any atom is 0.416 e. The van der Waals surface area contributed by atoms with Gasteiger partial charge in [-0.3, -0.25) is 9.36 Å². The molecular formula is C14H7ClF3NOS2. The Morgan fingerprint density at radius 3 is 2.50 bits per heavy atom. The Bertz CT molecular complexity index is 930. The first-order valence-electron chi connectivity index (χ1n) is 5.99. The van der Waals surface area contributed by atoms with E-state index in [1.165, 1.54) is 10.6 Å². The van der Waals surface area contributed by atoms with Gasteiger partial charge in [-0.1, -0.05) is 22.9 Å². The van der Waals surface area contributed by atoms with Gasteiger partial charge in [-0.15, -0.1) is 12.6 Å². The highest BCUT2D eigenvalue weighted by Gasteiger charge is 2.31. The molecule has 0 saturated carbocycles. The molecule has 0 radical (unpaired) electrons. The van der Waals surface area contributed by atoms with E-state index in [2.05, 4.69) is 12.6 Å². The minimum absolute atomic E-state index is 0.133. The van der Waals surface area contributed by atoms with Crippen LogP contribution in [0.25, 0.3) is 15.9 Å². The smallest absolute Gasteiger partial charge is 0.266 e. The summed E-state index contributed by atoms with van der Waals surface area (Å²) in [5.74, 6) is 0. The third-order valence-electron chi connectivity index (χ3n) is 3.08. The molecule has 0 bridgehead atoms. The van der Waals surface area contributed by atoms with E-state index in [1.807, 2.05) is 0 Å². The second-order valence-electron chi connectivity index (χ2n) is 4.52. The van der Waals surface area contributed by atoms with Gasteiger partial charge in [0.25, 0.3) is 0 Å². The summed E-state index contributed by atoms with van der Waals surface area (Å²) in [5, 5.41) is -0.133. The molecule has 0 amide bonds. The van der Waals surface area contributed by atoms with Crippen LogP contribution in [-0.4, -0.2) is 4.57 Å². The molecule has 1 aromatic heterocycles. The summed E-state index contributed by atoms with van der Waals surface area (Å²) in [4.78, 5) is 12.5. The van der Waals surface area contributed by atoms with Crippen LogP contribution in [0.1, 0.15) is 5.56 Å². The van der Waals surface area contributed by atoms with Crippen molar-refractivity contribution in [2.75, 3.05) is 0 Å². The van der Waals surface area contributed by atoms with Crippen LogP contribution in [0.15, 0.2) is 46.1 Å². The average Bonchev–Trinajstić information content (AvgIpc) is 2.72. The van der Waals surface area contributed by atoms with Crippen molar-refractivity contribution in [2.24, 2.45) is 0 Å². The third-order valence-corrected chi connectivity index (χ3v) is 4.57. The van der Waals surface area contributed by atoms with Gasteiger partial charge >= 0.3 is 11.0 Å². The van der Waals surface area contributed by atoms with Crippen LogP contribution in [0.4, 0.5) is 13.2 Å². The maximum absolute atomic E-state index is 12.7. The van der Waals surface area contributed by atoms with Crippen LogP contribution in [0.5, 0.6) is 0 Å². The first-order chi connectivity index (χ1) is 10.3. The Labute approximate surface area is 137 Å². The monoisotopic (exact) mass is 361 g/mol. The van der Waals surface area contributed by atoms with E-state index in [0.717, 1.165) is 23.5 Å². The first kappa shape index (κ1) is 15.5. The van der Waals surface area contributed by atoms with E-state index in [0.29, 0.717) is 15.1 Å². The van der Waals surface area contributed by atoms with E-state index in [1.54, 1.807) is 18.2 Å². The fourth-order valence-electron chi connectivity index (χ4n) is 2.10. The zero-order chi connectivity index (χ0) is 16.1. The molecule has 0 atom stereocenters. The van der Waals surface area contributed by atoms with Crippen LogP contribution < -0.4 is 4.87 Å². The SMILES string of the molecule is O=c1sc2cc(S)ccc2n1-c1ccc(C(F)(F)F)cc1Cl. The minimum Gasteiger partial charge on any atom is -0.266 e. The molecule has 114 valence electrons. The molecule has 0 N–H and O–H groups in total. The summed E-state index contributed by atoms with van der Waals surface area (Å²) >= 11 is 11.1. The van der Waals surface area contributed by atoms with Gasteiger partial charge in [0.2, 0.25) is 0 Å². The molecule has 0 aliphatic rings. The van der Waals surface area contributed by atoms with Crippen molar-refractivity contribution in [1.82, 2.24) is 4.57 Å². The number of halogens is 4. The van der Waals surface area contributed by atoms with Crippen molar-refractivity contribution in [1.29, 1.82) is 0 Å². The highest BCUT2D eigenvalue weighted by molar-refractivity contribution is 7.80.